The number of hydrogen-bond acceptors (Lipinski definition) is 7. The number of carbonyl (C=O) groups is 4. The summed E-state index contributed by atoms with van der Waals surface area (Å²) < 4.78 is 0. The van der Waals surface area contributed by atoms with Crippen molar-refractivity contribution in [1.29, 1.82) is 0 Å². The second kappa shape index (κ2) is 15.4. The number of nitrogens with one attached hydrogen (secondary N) is 2. The van der Waals surface area contributed by atoms with E-state index >= 15 is 0 Å². The van der Waals surface area contributed by atoms with E-state index in [0.717, 1.165) is 11.1 Å². The topological polar surface area (TPSA) is 226 Å². The Kier molecular flexibility index (Phi) is 11.7. The van der Waals surface area contributed by atoms with Crippen molar-refractivity contribution in [2.75, 3.05) is 13.1 Å². The monoisotopic (exact) mass is 581 g/mol. The molecule has 0 radical (unpaired) electrons. The van der Waals surface area contributed by atoms with E-state index in [-0.39, 0.29) is 37.5 Å². The van der Waals surface area contributed by atoms with E-state index in [0.29, 0.717) is 25.8 Å². The van der Waals surface area contributed by atoms with Gasteiger partial charge in [-0.3, -0.25) is 19.4 Å². The van der Waals surface area contributed by atoms with E-state index in [4.69, 9.17) is 17.2 Å². The smallest absolute Gasteiger partial charge is 0.326 e. The molecular weight excluding hydrogens is 542 g/mol. The molecular formula is C29H39N7O6. The van der Waals surface area contributed by atoms with Crippen molar-refractivity contribution in [1.82, 2.24) is 15.5 Å². The second-order valence-corrected chi connectivity index (χ2v) is 10.3. The fourth-order valence-corrected chi connectivity index (χ4v) is 4.85. The minimum Gasteiger partial charge on any atom is -0.508 e. The van der Waals surface area contributed by atoms with Gasteiger partial charge >= 0.3 is 5.97 Å². The van der Waals surface area contributed by atoms with Gasteiger partial charge in [-0.2, -0.15) is 0 Å². The molecule has 3 rings (SSSR count). The van der Waals surface area contributed by atoms with E-state index in [1.54, 1.807) is 42.5 Å². The Morgan fingerprint density at radius 2 is 1.62 bits per heavy atom. The van der Waals surface area contributed by atoms with Crippen LogP contribution in [0.5, 0.6) is 5.75 Å². The summed E-state index contributed by atoms with van der Waals surface area (Å²) in [6.45, 7) is 0.536. The van der Waals surface area contributed by atoms with Crippen LogP contribution in [-0.2, 0) is 32.0 Å². The first-order valence-corrected chi connectivity index (χ1v) is 13.8. The average molecular weight is 582 g/mol. The lowest BCUT2D eigenvalue weighted by molar-refractivity contribution is -0.143. The summed E-state index contributed by atoms with van der Waals surface area (Å²) >= 11 is 0. The van der Waals surface area contributed by atoms with E-state index in [9.17, 15) is 29.4 Å². The lowest BCUT2D eigenvalue weighted by Crippen LogP contribution is -2.57. The lowest BCUT2D eigenvalue weighted by atomic mass is 10.0. The van der Waals surface area contributed by atoms with Crippen LogP contribution in [0.3, 0.4) is 0 Å². The maximum Gasteiger partial charge on any atom is 0.326 e. The maximum atomic E-state index is 13.4. The van der Waals surface area contributed by atoms with Crippen molar-refractivity contribution < 1.29 is 29.4 Å². The molecule has 0 saturated carbocycles. The summed E-state index contributed by atoms with van der Waals surface area (Å²) in [6, 6.07) is 11.2. The summed E-state index contributed by atoms with van der Waals surface area (Å²) in [5.41, 5.74) is 18.4. The number of likely N-dealkylation sites (tertiary alicyclic amines) is 1. The first-order chi connectivity index (χ1) is 20.0. The fourth-order valence-electron chi connectivity index (χ4n) is 4.85. The van der Waals surface area contributed by atoms with Gasteiger partial charge in [0.15, 0.2) is 5.96 Å². The SMILES string of the molecule is NC(N)=NCCCC(NC(=O)C1CCCN1C(=O)C(N)Cc1ccc(O)cc1)C(=O)NC(Cc1ccccc1)C(=O)O. The summed E-state index contributed by atoms with van der Waals surface area (Å²) in [4.78, 5) is 57.2. The van der Waals surface area contributed by atoms with Crippen LogP contribution >= 0.6 is 0 Å². The quantitative estimate of drug-likeness (QED) is 0.0874. The Balaban J connectivity index is 1.69. The van der Waals surface area contributed by atoms with Gasteiger partial charge in [0.1, 0.15) is 23.9 Å². The molecule has 13 heteroatoms. The Morgan fingerprint density at radius 3 is 2.26 bits per heavy atom. The van der Waals surface area contributed by atoms with E-state index < -0.39 is 47.9 Å². The fraction of sp³-hybridized carbons (Fsp3) is 0.414. The van der Waals surface area contributed by atoms with Crippen LogP contribution in [0.2, 0.25) is 0 Å². The Bertz CT molecular complexity index is 1250. The number of hydrogen-bond donors (Lipinski definition) is 7. The number of rotatable bonds is 14. The highest BCUT2D eigenvalue weighted by Gasteiger charge is 2.38. The average Bonchev–Trinajstić information content (AvgIpc) is 3.45. The Hall–Kier alpha value is -4.65. The molecule has 1 heterocycles. The number of benzene rings is 2. The molecule has 1 aliphatic heterocycles. The van der Waals surface area contributed by atoms with Crippen LogP contribution < -0.4 is 27.8 Å². The van der Waals surface area contributed by atoms with Crippen molar-refractivity contribution >= 4 is 29.7 Å². The largest absolute Gasteiger partial charge is 0.508 e. The number of amides is 3. The number of aromatic hydroxyl groups is 1. The van der Waals surface area contributed by atoms with Gasteiger partial charge in [-0.05, 0) is 55.4 Å². The van der Waals surface area contributed by atoms with Gasteiger partial charge in [0.25, 0.3) is 0 Å². The third-order valence-electron chi connectivity index (χ3n) is 7.02. The molecule has 0 bridgehead atoms. The van der Waals surface area contributed by atoms with Crippen molar-refractivity contribution in [2.45, 2.75) is 62.7 Å². The molecule has 3 amide bonds. The molecule has 0 aliphatic carbocycles. The van der Waals surface area contributed by atoms with Gasteiger partial charge in [-0.15, -0.1) is 0 Å². The first kappa shape index (κ1) is 31.9. The number of carboxylic acids is 1. The Labute approximate surface area is 244 Å². The first-order valence-electron chi connectivity index (χ1n) is 13.8. The predicted molar refractivity (Wildman–Crippen MR) is 156 cm³/mol. The van der Waals surface area contributed by atoms with Crippen molar-refractivity contribution in [3.8, 4) is 5.75 Å². The van der Waals surface area contributed by atoms with Crippen LogP contribution in [0.4, 0.5) is 0 Å². The molecule has 2 aromatic carbocycles. The van der Waals surface area contributed by atoms with Crippen molar-refractivity contribution in [3.05, 3.63) is 65.7 Å². The number of aliphatic imine (C=N–C) groups is 1. The lowest BCUT2D eigenvalue weighted by Gasteiger charge is -2.28. The molecule has 10 N–H and O–H groups in total. The summed E-state index contributed by atoms with van der Waals surface area (Å²) in [5.74, 6) is -2.83. The third kappa shape index (κ3) is 9.47. The normalized spacial score (nSPS) is 16.6. The Morgan fingerprint density at radius 1 is 0.952 bits per heavy atom. The number of phenols is 1. The van der Waals surface area contributed by atoms with Crippen LogP contribution in [0.25, 0.3) is 0 Å². The summed E-state index contributed by atoms with van der Waals surface area (Å²) in [6.07, 6.45) is 1.70. The van der Waals surface area contributed by atoms with Crippen LogP contribution in [0.1, 0.15) is 36.8 Å². The highest BCUT2D eigenvalue weighted by atomic mass is 16.4. The number of guanidine groups is 1. The third-order valence-corrected chi connectivity index (χ3v) is 7.02. The molecule has 226 valence electrons. The molecule has 13 nitrogen and oxygen atoms in total. The van der Waals surface area contributed by atoms with Gasteiger partial charge in [0.05, 0.1) is 6.04 Å². The molecule has 1 saturated heterocycles. The van der Waals surface area contributed by atoms with Crippen molar-refractivity contribution in [3.63, 3.8) is 0 Å². The van der Waals surface area contributed by atoms with Crippen LogP contribution in [-0.4, -0.2) is 82.0 Å². The minimum absolute atomic E-state index is 0.0560. The van der Waals surface area contributed by atoms with Crippen LogP contribution in [0, 0.1) is 0 Å². The van der Waals surface area contributed by atoms with E-state index in [2.05, 4.69) is 15.6 Å². The number of phenolic OH excluding ortho intramolecular Hbond substituents is 1. The number of carbonyl (C=O) groups excluding carboxylic acids is 3. The summed E-state index contributed by atoms with van der Waals surface area (Å²) in [7, 11) is 0. The molecule has 4 atom stereocenters. The molecule has 1 aliphatic rings. The molecule has 4 unspecified atom stereocenters. The van der Waals surface area contributed by atoms with Gasteiger partial charge in [-0.25, -0.2) is 4.79 Å². The molecule has 42 heavy (non-hydrogen) atoms. The van der Waals surface area contributed by atoms with E-state index in [1.165, 1.54) is 17.0 Å². The predicted octanol–water partition coefficient (Wildman–Crippen LogP) is -0.396. The zero-order valence-electron chi connectivity index (χ0n) is 23.3. The van der Waals surface area contributed by atoms with Gasteiger partial charge < -0.3 is 42.9 Å². The second-order valence-electron chi connectivity index (χ2n) is 10.3. The zero-order valence-corrected chi connectivity index (χ0v) is 23.3. The van der Waals surface area contributed by atoms with Gasteiger partial charge in [0, 0.05) is 19.5 Å². The maximum absolute atomic E-state index is 13.4. The highest BCUT2D eigenvalue weighted by Crippen LogP contribution is 2.20. The standard InChI is InChI=1S/C29H39N7O6/c30-21(16-19-10-12-20(37)13-11-19)27(40)36-15-5-9-24(36)26(39)34-22(8-4-14-33-29(31)32)25(38)35-23(28(41)42)17-18-6-2-1-3-7-18/h1-3,6-7,10-13,21-24,37H,4-5,8-9,14-17,30H2,(H,34,39)(H,35,38)(H,41,42)(H4,31,32,33). The van der Waals surface area contributed by atoms with E-state index in [1.807, 2.05) is 0 Å². The van der Waals surface area contributed by atoms with Crippen molar-refractivity contribution in [2.24, 2.45) is 22.2 Å². The number of aliphatic carboxylic acids is 1. The van der Waals surface area contributed by atoms with Gasteiger partial charge in [-0.1, -0.05) is 42.5 Å². The molecule has 0 spiro atoms. The molecule has 1 fully saturated rings. The highest BCUT2D eigenvalue weighted by molar-refractivity contribution is 5.94. The summed E-state index contributed by atoms with van der Waals surface area (Å²) in [5, 5.41) is 24.5. The number of nitrogens with two attached hydrogens (primary N) is 3. The molecule has 0 aromatic heterocycles. The minimum atomic E-state index is -1.22. The zero-order chi connectivity index (χ0) is 30.6. The molecule has 2 aromatic rings. The number of nitrogens with zero attached hydrogens (tertiary/aromatic N) is 2. The van der Waals surface area contributed by atoms with Crippen LogP contribution in [0.15, 0.2) is 59.6 Å². The van der Waals surface area contributed by atoms with Gasteiger partial charge in [0.2, 0.25) is 17.7 Å². The number of carboxylic acid groups (broad SMARTS) is 1.